The van der Waals surface area contributed by atoms with Gasteiger partial charge in [0.1, 0.15) is 5.76 Å². The number of hydrogen-bond acceptors (Lipinski definition) is 2. The van der Waals surface area contributed by atoms with Crippen LogP contribution in [0.1, 0.15) is 0 Å². The van der Waals surface area contributed by atoms with E-state index in [1.54, 1.807) is 0 Å². The molecule has 0 amide bonds. The SMILES string of the molecule is Fc1c(OC(F)(F)F)cccc1-c1ccco1. The van der Waals surface area contributed by atoms with Crippen LogP contribution in [-0.4, -0.2) is 6.36 Å². The van der Waals surface area contributed by atoms with E-state index in [0.29, 0.717) is 0 Å². The molecule has 6 heteroatoms. The van der Waals surface area contributed by atoms with E-state index in [-0.39, 0.29) is 11.3 Å². The Morgan fingerprint density at radius 3 is 2.41 bits per heavy atom. The number of ether oxygens (including phenoxy) is 1. The van der Waals surface area contributed by atoms with Crippen molar-refractivity contribution in [2.45, 2.75) is 6.36 Å². The molecule has 1 aromatic carbocycles. The Morgan fingerprint density at radius 2 is 1.82 bits per heavy atom. The Labute approximate surface area is 93.4 Å². The summed E-state index contributed by atoms with van der Waals surface area (Å²) in [7, 11) is 0. The van der Waals surface area contributed by atoms with Gasteiger partial charge in [-0.3, -0.25) is 0 Å². The van der Waals surface area contributed by atoms with Crippen molar-refractivity contribution >= 4 is 0 Å². The first-order valence-electron chi connectivity index (χ1n) is 4.55. The fourth-order valence-electron chi connectivity index (χ4n) is 1.34. The van der Waals surface area contributed by atoms with Crippen LogP contribution in [0.2, 0.25) is 0 Å². The fraction of sp³-hybridized carbons (Fsp3) is 0.0909. The first-order valence-corrected chi connectivity index (χ1v) is 4.55. The van der Waals surface area contributed by atoms with E-state index >= 15 is 0 Å². The Balaban J connectivity index is 2.41. The van der Waals surface area contributed by atoms with Crippen molar-refractivity contribution in [2.75, 3.05) is 0 Å². The monoisotopic (exact) mass is 246 g/mol. The van der Waals surface area contributed by atoms with Crippen molar-refractivity contribution in [1.29, 1.82) is 0 Å². The lowest BCUT2D eigenvalue weighted by Crippen LogP contribution is -2.18. The minimum Gasteiger partial charge on any atom is -0.464 e. The summed E-state index contributed by atoms with van der Waals surface area (Å²) in [4.78, 5) is 0. The zero-order chi connectivity index (χ0) is 12.5. The van der Waals surface area contributed by atoms with Gasteiger partial charge >= 0.3 is 6.36 Å². The van der Waals surface area contributed by atoms with Crippen molar-refractivity contribution in [3.8, 4) is 17.1 Å². The highest BCUT2D eigenvalue weighted by Crippen LogP contribution is 2.32. The Hall–Kier alpha value is -1.98. The lowest BCUT2D eigenvalue weighted by atomic mass is 10.1. The van der Waals surface area contributed by atoms with Gasteiger partial charge in [0.05, 0.1) is 11.8 Å². The number of hydrogen-bond donors (Lipinski definition) is 0. The van der Waals surface area contributed by atoms with Crippen LogP contribution in [0, 0.1) is 5.82 Å². The highest BCUT2D eigenvalue weighted by atomic mass is 19.4. The lowest BCUT2D eigenvalue weighted by molar-refractivity contribution is -0.275. The average Bonchev–Trinajstić information content (AvgIpc) is 2.72. The minimum absolute atomic E-state index is 0.0863. The molecule has 0 aliphatic rings. The molecule has 0 atom stereocenters. The van der Waals surface area contributed by atoms with Crippen LogP contribution in [-0.2, 0) is 0 Å². The van der Waals surface area contributed by atoms with Gasteiger partial charge in [0, 0.05) is 0 Å². The lowest BCUT2D eigenvalue weighted by Gasteiger charge is -2.10. The molecule has 0 radical (unpaired) electrons. The van der Waals surface area contributed by atoms with Gasteiger partial charge in [-0.05, 0) is 24.3 Å². The fourth-order valence-corrected chi connectivity index (χ4v) is 1.34. The van der Waals surface area contributed by atoms with Crippen molar-refractivity contribution in [3.63, 3.8) is 0 Å². The summed E-state index contributed by atoms with van der Waals surface area (Å²) >= 11 is 0. The van der Waals surface area contributed by atoms with Crippen molar-refractivity contribution in [1.82, 2.24) is 0 Å². The maximum absolute atomic E-state index is 13.7. The van der Waals surface area contributed by atoms with Gasteiger partial charge in [-0.1, -0.05) is 6.07 Å². The van der Waals surface area contributed by atoms with Crippen LogP contribution in [0.25, 0.3) is 11.3 Å². The summed E-state index contributed by atoms with van der Waals surface area (Å²) < 4.78 is 58.1. The van der Waals surface area contributed by atoms with Crippen LogP contribution in [0.5, 0.6) is 5.75 Å². The number of halogens is 4. The van der Waals surface area contributed by atoms with Gasteiger partial charge in [-0.15, -0.1) is 13.2 Å². The second kappa shape index (κ2) is 4.12. The largest absolute Gasteiger partial charge is 0.573 e. The molecule has 0 unspecified atom stereocenters. The molecule has 0 bridgehead atoms. The second-order valence-electron chi connectivity index (χ2n) is 3.14. The van der Waals surface area contributed by atoms with Gasteiger partial charge in [0.25, 0.3) is 0 Å². The Kier molecular flexibility index (Phi) is 2.79. The molecule has 0 spiro atoms. The van der Waals surface area contributed by atoms with Crippen LogP contribution in [0.4, 0.5) is 17.6 Å². The smallest absolute Gasteiger partial charge is 0.464 e. The first kappa shape index (κ1) is 11.5. The molecule has 0 saturated carbocycles. The van der Waals surface area contributed by atoms with Crippen molar-refractivity contribution in [2.24, 2.45) is 0 Å². The molecule has 0 aliphatic carbocycles. The van der Waals surface area contributed by atoms with E-state index in [1.807, 2.05) is 0 Å². The number of alkyl halides is 3. The summed E-state index contributed by atoms with van der Waals surface area (Å²) in [6.45, 7) is 0. The molecule has 2 nitrogen and oxygen atoms in total. The normalized spacial score (nSPS) is 11.5. The molecule has 17 heavy (non-hydrogen) atoms. The van der Waals surface area contributed by atoms with E-state index in [1.165, 1.54) is 30.5 Å². The summed E-state index contributed by atoms with van der Waals surface area (Å²) in [6.07, 6.45) is -3.63. The number of rotatable bonds is 2. The first-order chi connectivity index (χ1) is 7.97. The molecule has 1 heterocycles. The topological polar surface area (TPSA) is 22.4 Å². The second-order valence-corrected chi connectivity index (χ2v) is 3.14. The van der Waals surface area contributed by atoms with Crippen LogP contribution in [0.15, 0.2) is 41.0 Å². The van der Waals surface area contributed by atoms with E-state index in [4.69, 9.17) is 4.42 Å². The molecule has 0 N–H and O–H groups in total. The Bertz CT molecular complexity index is 503. The van der Waals surface area contributed by atoms with E-state index in [2.05, 4.69) is 4.74 Å². The van der Waals surface area contributed by atoms with Crippen LogP contribution >= 0.6 is 0 Å². The quantitative estimate of drug-likeness (QED) is 0.747. The molecule has 0 aliphatic heterocycles. The minimum atomic E-state index is -4.93. The third-order valence-electron chi connectivity index (χ3n) is 1.98. The predicted molar refractivity (Wildman–Crippen MR) is 50.8 cm³/mol. The number of benzene rings is 1. The van der Waals surface area contributed by atoms with E-state index in [9.17, 15) is 17.6 Å². The maximum atomic E-state index is 13.7. The zero-order valence-corrected chi connectivity index (χ0v) is 8.29. The highest BCUT2D eigenvalue weighted by molar-refractivity contribution is 5.60. The van der Waals surface area contributed by atoms with Gasteiger partial charge in [0.15, 0.2) is 11.6 Å². The standard InChI is InChI=1S/C11H6F4O2/c12-10-7(8-5-2-6-16-8)3-1-4-9(10)17-11(13,14)15/h1-6H. The maximum Gasteiger partial charge on any atom is 0.573 e. The van der Waals surface area contributed by atoms with Crippen molar-refractivity contribution in [3.05, 3.63) is 42.4 Å². The highest BCUT2D eigenvalue weighted by Gasteiger charge is 2.32. The van der Waals surface area contributed by atoms with E-state index < -0.39 is 17.9 Å². The third kappa shape index (κ3) is 2.58. The molecular weight excluding hydrogens is 240 g/mol. The zero-order valence-electron chi connectivity index (χ0n) is 8.29. The van der Waals surface area contributed by atoms with Crippen LogP contribution in [0.3, 0.4) is 0 Å². The van der Waals surface area contributed by atoms with Gasteiger partial charge in [-0.2, -0.15) is 0 Å². The third-order valence-corrected chi connectivity index (χ3v) is 1.98. The summed E-state index contributed by atoms with van der Waals surface area (Å²) in [5, 5.41) is 0. The molecule has 1 aromatic heterocycles. The van der Waals surface area contributed by atoms with Gasteiger partial charge < -0.3 is 9.15 Å². The van der Waals surface area contributed by atoms with Crippen molar-refractivity contribution < 1.29 is 26.7 Å². The Morgan fingerprint density at radius 1 is 1.06 bits per heavy atom. The molecule has 90 valence electrons. The average molecular weight is 246 g/mol. The van der Waals surface area contributed by atoms with E-state index in [0.717, 1.165) is 6.07 Å². The summed E-state index contributed by atoms with van der Waals surface area (Å²) in [6, 6.07) is 6.40. The molecule has 0 fully saturated rings. The molecule has 0 saturated heterocycles. The summed E-state index contributed by atoms with van der Waals surface area (Å²) in [5.74, 6) is -1.86. The molecule has 2 rings (SSSR count). The van der Waals surface area contributed by atoms with Gasteiger partial charge in [-0.25, -0.2) is 4.39 Å². The molecular formula is C11H6F4O2. The van der Waals surface area contributed by atoms with Gasteiger partial charge in [0.2, 0.25) is 0 Å². The molecule has 2 aromatic rings. The van der Waals surface area contributed by atoms with Crippen LogP contribution < -0.4 is 4.74 Å². The number of furan rings is 1. The summed E-state index contributed by atoms with van der Waals surface area (Å²) in [5.41, 5.74) is -0.0863. The predicted octanol–water partition coefficient (Wildman–Crippen LogP) is 3.98.